The van der Waals surface area contributed by atoms with Gasteiger partial charge in [0.15, 0.2) is 0 Å². The molecule has 1 saturated carbocycles. The van der Waals surface area contributed by atoms with E-state index in [0.29, 0.717) is 4.83 Å². The molecule has 1 aromatic heterocycles. The highest BCUT2D eigenvalue weighted by Crippen LogP contribution is 2.37. The van der Waals surface area contributed by atoms with Gasteiger partial charge in [0.05, 0.1) is 0 Å². The molecule has 0 spiro atoms. The van der Waals surface area contributed by atoms with Crippen LogP contribution in [0.2, 0.25) is 0 Å². The molecular weight excluding hydrogens is 292 g/mol. The highest BCUT2D eigenvalue weighted by molar-refractivity contribution is 9.09. The first-order valence-electron chi connectivity index (χ1n) is 6.88. The summed E-state index contributed by atoms with van der Waals surface area (Å²) in [5, 5.41) is 0. The monoisotopic (exact) mass is 314 g/mol. The van der Waals surface area contributed by atoms with Gasteiger partial charge in [0.25, 0.3) is 0 Å². The third-order valence-electron chi connectivity index (χ3n) is 3.97. The summed E-state index contributed by atoms with van der Waals surface area (Å²) in [6.45, 7) is 4.46. The molecule has 0 N–H and O–H groups in total. The second-order valence-corrected chi connectivity index (χ2v) is 7.98. The Kier molecular flexibility index (Phi) is 5.10. The van der Waals surface area contributed by atoms with Crippen molar-refractivity contribution in [1.82, 2.24) is 0 Å². The Morgan fingerprint density at radius 2 is 2.00 bits per heavy atom. The SMILES string of the molecule is Cc1cc(C(Br)CCC2CCCCC2)c(C)s1. The van der Waals surface area contributed by atoms with Gasteiger partial charge in [-0.2, -0.15) is 0 Å². The van der Waals surface area contributed by atoms with E-state index >= 15 is 0 Å². The van der Waals surface area contributed by atoms with Crippen LogP contribution in [0.25, 0.3) is 0 Å². The molecule has 0 aromatic carbocycles. The van der Waals surface area contributed by atoms with E-state index in [0.717, 1.165) is 5.92 Å². The average Bonchev–Trinajstić information content (AvgIpc) is 2.67. The molecule has 1 aliphatic rings. The maximum absolute atomic E-state index is 3.88. The van der Waals surface area contributed by atoms with Gasteiger partial charge in [0.2, 0.25) is 0 Å². The van der Waals surface area contributed by atoms with Gasteiger partial charge in [-0.05, 0) is 44.2 Å². The van der Waals surface area contributed by atoms with E-state index in [1.165, 1.54) is 60.3 Å². The first kappa shape index (κ1) is 13.6. The molecule has 1 atom stereocenters. The third kappa shape index (κ3) is 3.82. The molecule has 17 heavy (non-hydrogen) atoms. The largest absolute Gasteiger partial charge is 0.146 e. The lowest BCUT2D eigenvalue weighted by atomic mass is 9.85. The Morgan fingerprint density at radius 1 is 1.29 bits per heavy atom. The van der Waals surface area contributed by atoms with Crippen LogP contribution in [-0.4, -0.2) is 0 Å². The fraction of sp³-hybridized carbons (Fsp3) is 0.733. The number of aryl methyl sites for hydroxylation is 2. The molecule has 1 unspecified atom stereocenters. The minimum Gasteiger partial charge on any atom is -0.146 e. The summed E-state index contributed by atoms with van der Waals surface area (Å²) in [5.74, 6) is 1.00. The number of alkyl halides is 1. The Bertz CT molecular complexity index is 350. The van der Waals surface area contributed by atoms with Crippen molar-refractivity contribution in [3.8, 4) is 0 Å². The van der Waals surface area contributed by atoms with E-state index < -0.39 is 0 Å². The molecule has 0 saturated heterocycles. The number of rotatable bonds is 4. The van der Waals surface area contributed by atoms with Crippen molar-refractivity contribution in [3.63, 3.8) is 0 Å². The van der Waals surface area contributed by atoms with E-state index in [1.54, 1.807) is 0 Å². The third-order valence-corrected chi connectivity index (χ3v) is 5.90. The standard InChI is InChI=1S/C15H23BrS/c1-11-10-14(12(2)17-11)15(16)9-8-13-6-4-3-5-7-13/h10,13,15H,3-9H2,1-2H3. The van der Waals surface area contributed by atoms with E-state index in [4.69, 9.17) is 0 Å². The molecule has 2 heteroatoms. The van der Waals surface area contributed by atoms with Gasteiger partial charge in [-0.25, -0.2) is 0 Å². The number of thiophene rings is 1. The van der Waals surface area contributed by atoms with E-state index in [2.05, 4.69) is 35.8 Å². The summed E-state index contributed by atoms with van der Waals surface area (Å²) in [6, 6.07) is 2.36. The second-order valence-electron chi connectivity index (χ2n) is 5.42. The fourth-order valence-corrected chi connectivity index (χ4v) is 4.85. The zero-order valence-electron chi connectivity index (χ0n) is 11.0. The zero-order valence-corrected chi connectivity index (χ0v) is 13.4. The van der Waals surface area contributed by atoms with Crippen molar-refractivity contribution in [3.05, 3.63) is 21.4 Å². The zero-order chi connectivity index (χ0) is 12.3. The molecule has 1 heterocycles. The molecule has 1 fully saturated rings. The van der Waals surface area contributed by atoms with Crippen molar-refractivity contribution < 1.29 is 0 Å². The Labute approximate surface area is 118 Å². The summed E-state index contributed by atoms with van der Waals surface area (Å²) in [4.78, 5) is 3.52. The minimum atomic E-state index is 0.578. The first-order chi connectivity index (χ1) is 8.16. The molecule has 0 nitrogen and oxygen atoms in total. The van der Waals surface area contributed by atoms with Gasteiger partial charge >= 0.3 is 0 Å². The maximum Gasteiger partial charge on any atom is 0.0406 e. The van der Waals surface area contributed by atoms with Gasteiger partial charge < -0.3 is 0 Å². The van der Waals surface area contributed by atoms with Gasteiger partial charge in [-0.1, -0.05) is 48.0 Å². The Balaban J connectivity index is 1.84. The molecular formula is C15H23BrS. The summed E-state index contributed by atoms with van der Waals surface area (Å²) in [5.41, 5.74) is 1.53. The van der Waals surface area contributed by atoms with Crippen molar-refractivity contribution in [2.24, 2.45) is 5.92 Å². The summed E-state index contributed by atoms with van der Waals surface area (Å²) >= 11 is 5.81. The topological polar surface area (TPSA) is 0 Å². The van der Waals surface area contributed by atoms with E-state index in [-0.39, 0.29) is 0 Å². The molecule has 0 aliphatic heterocycles. The van der Waals surface area contributed by atoms with Crippen LogP contribution >= 0.6 is 27.3 Å². The Hall–Kier alpha value is 0.180. The maximum atomic E-state index is 3.88. The van der Waals surface area contributed by atoms with Crippen LogP contribution in [-0.2, 0) is 0 Å². The average molecular weight is 315 g/mol. The normalized spacial score (nSPS) is 19.5. The molecule has 0 bridgehead atoms. The minimum absolute atomic E-state index is 0.578. The molecule has 0 amide bonds. The molecule has 2 rings (SSSR count). The number of hydrogen-bond donors (Lipinski definition) is 0. The number of hydrogen-bond acceptors (Lipinski definition) is 1. The van der Waals surface area contributed by atoms with Crippen LogP contribution in [0.15, 0.2) is 6.07 Å². The van der Waals surface area contributed by atoms with Crippen molar-refractivity contribution in [2.45, 2.75) is 63.6 Å². The van der Waals surface area contributed by atoms with Crippen molar-refractivity contribution in [2.75, 3.05) is 0 Å². The van der Waals surface area contributed by atoms with Crippen LogP contribution in [0.3, 0.4) is 0 Å². The second kappa shape index (κ2) is 6.38. The van der Waals surface area contributed by atoms with E-state index in [1.807, 2.05) is 11.3 Å². The van der Waals surface area contributed by atoms with Gasteiger partial charge in [-0.15, -0.1) is 11.3 Å². The van der Waals surface area contributed by atoms with Crippen molar-refractivity contribution in [1.29, 1.82) is 0 Å². The lowest BCUT2D eigenvalue weighted by Gasteiger charge is -2.22. The van der Waals surface area contributed by atoms with Gasteiger partial charge in [-0.3, -0.25) is 0 Å². The number of halogens is 1. The highest BCUT2D eigenvalue weighted by Gasteiger charge is 2.17. The predicted octanol–water partition coefficient (Wildman–Crippen LogP) is 6.16. The first-order valence-corrected chi connectivity index (χ1v) is 8.61. The lowest BCUT2D eigenvalue weighted by molar-refractivity contribution is 0.332. The van der Waals surface area contributed by atoms with E-state index in [9.17, 15) is 0 Å². The van der Waals surface area contributed by atoms with Gasteiger partial charge in [0, 0.05) is 14.6 Å². The van der Waals surface area contributed by atoms with Crippen molar-refractivity contribution >= 4 is 27.3 Å². The van der Waals surface area contributed by atoms with Crippen LogP contribution in [0, 0.1) is 19.8 Å². The quantitative estimate of drug-likeness (QED) is 0.584. The lowest BCUT2D eigenvalue weighted by Crippen LogP contribution is -2.07. The smallest absolute Gasteiger partial charge is 0.0406 e. The Morgan fingerprint density at radius 3 is 2.59 bits per heavy atom. The van der Waals surface area contributed by atoms with Crippen LogP contribution in [0.5, 0.6) is 0 Å². The summed E-state index contributed by atoms with van der Waals surface area (Å²) in [7, 11) is 0. The van der Waals surface area contributed by atoms with Gasteiger partial charge in [0.1, 0.15) is 0 Å². The molecule has 96 valence electrons. The summed E-state index contributed by atoms with van der Waals surface area (Å²) < 4.78 is 0. The summed E-state index contributed by atoms with van der Waals surface area (Å²) in [6.07, 6.45) is 10.1. The highest BCUT2D eigenvalue weighted by atomic mass is 79.9. The molecule has 1 aromatic rings. The molecule has 1 aliphatic carbocycles. The van der Waals surface area contributed by atoms with Crippen LogP contribution in [0.1, 0.15) is 65.1 Å². The molecule has 0 radical (unpaired) electrons. The fourth-order valence-electron chi connectivity index (χ4n) is 2.97. The predicted molar refractivity (Wildman–Crippen MR) is 81.3 cm³/mol. The van der Waals surface area contributed by atoms with Crippen LogP contribution in [0.4, 0.5) is 0 Å². The van der Waals surface area contributed by atoms with Crippen LogP contribution < -0.4 is 0 Å².